The number of imide groups is 1. The molecule has 8 heteroatoms. The minimum absolute atomic E-state index is 0.0422. The molecule has 0 aromatic heterocycles. The standard InChI is InChI=1S/C18H23N5O3/c1-21-15-14(16(25)22(2)18(21)26)23(17(20-15)19-10-12-24)11-6-9-13-7-4-3-5-8-13/h3-5,7-8,14,24H,6,9-12H2,1-2H3/p+1. The number of aliphatic imine (C=N–C) groups is 1. The van der Waals surface area contributed by atoms with Crippen LogP contribution in [-0.4, -0.2) is 83.0 Å². The van der Waals surface area contributed by atoms with Gasteiger partial charge in [-0.3, -0.25) is 19.9 Å². The Kier molecular flexibility index (Phi) is 5.32. The highest BCUT2D eigenvalue weighted by molar-refractivity contribution is 6.22. The lowest BCUT2D eigenvalue weighted by Gasteiger charge is -2.31. The molecule has 26 heavy (non-hydrogen) atoms. The van der Waals surface area contributed by atoms with E-state index in [-0.39, 0.29) is 12.5 Å². The van der Waals surface area contributed by atoms with Crippen molar-refractivity contribution in [2.45, 2.75) is 18.9 Å². The Morgan fingerprint density at radius 3 is 2.62 bits per heavy atom. The van der Waals surface area contributed by atoms with Crippen LogP contribution in [0.25, 0.3) is 0 Å². The third-order valence-corrected chi connectivity index (χ3v) is 4.63. The van der Waals surface area contributed by atoms with Gasteiger partial charge in [0, 0.05) is 14.1 Å². The van der Waals surface area contributed by atoms with Crippen molar-refractivity contribution in [3.63, 3.8) is 0 Å². The molecule has 1 saturated heterocycles. The minimum Gasteiger partial charge on any atom is -0.393 e. The average Bonchev–Trinajstić information content (AvgIpc) is 3.02. The molecule has 1 unspecified atom stereocenters. The molecule has 3 rings (SSSR count). The van der Waals surface area contributed by atoms with E-state index in [1.54, 1.807) is 7.05 Å². The lowest BCUT2D eigenvalue weighted by atomic mass is 10.1. The van der Waals surface area contributed by atoms with Crippen molar-refractivity contribution in [1.82, 2.24) is 15.1 Å². The molecule has 0 spiro atoms. The fourth-order valence-electron chi connectivity index (χ4n) is 3.24. The van der Waals surface area contributed by atoms with Crippen LogP contribution in [0.4, 0.5) is 4.79 Å². The molecule has 8 nitrogen and oxygen atoms in total. The summed E-state index contributed by atoms with van der Waals surface area (Å²) in [7, 11) is 3.10. The number of hydrogen-bond donors (Lipinski definition) is 2. The summed E-state index contributed by atoms with van der Waals surface area (Å²) in [5.74, 6) is 0.668. The lowest BCUT2D eigenvalue weighted by molar-refractivity contribution is -0.537. The zero-order chi connectivity index (χ0) is 18.7. The number of nitrogens with one attached hydrogen (secondary N) is 1. The number of amidine groups is 1. The summed E-state index contributed by atoms with van der Waals surface area (Å²) in [5.41, 5.74) is 1.23. The van der Waals surface area contributed by atoms with Gasteiger partial charge in [-0.2, -0.15) is 0 Å². The van der Waals surface area contributed by atoms with Gasteiger partial charge in [-0.15, -0.1) is 0 Å². The van der Waals surface area contributed by atoms with E-state index < -0.39 is 12.1 Å². The first kappa shape index (κ1) is 18.1. The number of nitrogens with zero attached hydrogens (tertiary/aromatic N) is 4. The van der Waals surface area contributed by atoms with E-state index in [4.69, 9.17) is 5.11 Å². The van der Waals surface area contributed by atoms with Gasteiger partial charge in [0.2, 0.25) is 11.9 Å². The number of fused-ring (bicyclic) bond motifs is 1. The summed E-state index contributed by atoms with van der Waals surface area (Å²) in [6.45, 7) is 0.900. The van der Waals surface area contributed by atoms with Crippen LogP contribution in [0.3, 0.4) is 0 Å². The van der Waals surface area contributed by atoms with Gasteiger partial charge < -0.3 is 5.11 Å². The van der Waals surface area contributed by atoms with Crippen LogP contribution < -0.4 is 5.32 Å². The van der Waals surface area contributed by atoms with Crippen LogP contribution in [0.15, 0.2) is 35.3 Å². The first-order valence-electron chi connectivity index (χ1n) is 8.70. The Hall–Kier alpha value is -2.74. The Labute approximate surface area is 152 Å². The maximum Gasteiger partial charge on any atom is 0.390 e. The van der Waals surface area contributed by atoms with Gasteiger partial charge in [0.05, 0.1) is 19.7 Å². The van der Waals surface area contributed by atoms with Crippen molar-refractivity contribution in [3.05, 3.63) is 35.9 Å². The number of aliphatic hydroxyl groups excluding tert-OH is 1. The highest BCUT2D eigenvalue weighted by Gasteiger charge is 2.51. The van der Waals surface area contributed by atoms with E-state index in [1.807, 2.05) is 22.8 Å². The number of aliphatic hydroxyl groups is 1. The number of carbonyl (C=O) groups is 2. The molecule has 3 amide bonds. The third kappa shape index (κ3) is 3.32. The van der Waals surface area contributed by atoms with Gasteiger partial charge in [-0.25, -0.2) is 9.37 Å². The zero-order valence-corrected chi connectivity index (χ0v) is 15.1. The number of likely N-dealkylation sites (N-methyl/N-ethyl adjacent to an activating group) is 2. The summed E-state index contributed by atoms with van der Waals surface area (Å²) in [4.78, 5) is 31.9. The summed E-state index contributed by atoms with van der Waals surface area (Å²) >= 11 is 0. The maximum atomic E-state index is 12.7. The number of guanidine groups is 1. The molecule has 0 radical (unpaired) electrons. The highest BCUT2D eigenvalue weighted by Crippen LogP contribution is 2.19. The van der Waals surface area contributed by atoms with Gasteiger partial charge >= 0.3 is 12.0 Å². The maximum absolute atomic E-state index is 12.7. The van der Waals surface area contributed by atoms with Gasteiger partial charge in [0.25, 0.3) is 5.91 Å². The van der Waals surface area contributed by atoms with Crippen LogP contribution >= 0.6 is 0 Å². The smallest absolute Gasteiger partial charge is 0.390 e. The Bertz CT molecular complexity index is 759. The molecule has 1 aromatic carbocycles. The van der Waals surface area contributed by atoms with Crippen LogP contribution in [0.5, 0.6) is 0 Å². The molecule has 138 valence electrons. The molecule has 2 heterocycles. The fraction of sp³-hybridized carbons (Fsp3) is 0.444. The monoisotopic (exact) mass is 358 g/mol. The van der Waals surface area contributed by atoms with Crippen molar-refractivity contribution >= 4 is 23.7 Å². The molecule has 0 aliphatic carbocycles. The van der Waals surface area contributed by atoms with Crippen molar-refractivity contribution in [2.24, 2.45) is 4.99 Å². The van der Waals surface area contributed by atoms with Gasteiger partial charge in [-0.05, 0) is 18.4 Å². The molecule has 2 aliphatic rings. The predicted molar refractivity (Wildman–Crippen MR) is 97.1 cm³/mol. The summed E-state index contributed by atoms with van der Waals surface area (Å²) in [5, 5.41) is 12.2. The van der Waals surface area contributed by atoms with E-state index in [0.717, 1.165) is 17.7 Å². The largest absolute Gasteiger partial charge is 0.393 e. The van der Waals surface area contributed by atoms with E-state index in [2.05, 4.69) is 22.4 Å². The molecule has 2 aliphatic heterocycles. The van der Waals surface area contributed by atoms with Crippen LogP contribution in [0, 0.1) is 0 Å². The first-order chi connectivity index (χ1) is 12.5. The Morgan fingerprint density at radius 2 is 1.92 bits per heavy atom. The quantitative estimate of drug-likeness (QED) is 0.694. The molecule has 1 atom stereocenters. The first-order valence-corrected chi connectivity index (χ1v) is 8.70. The van der Waals surface area contributed by atoms with Crippen molar-refractivity contribution in [2.75, 3.05) is 33.8 Å². The zero-order valence-electron chi connectivity index (χ0n) is 15.1. The molecule has 0 saturated carbocycles. The predicted octanol–water partition coefficient (Wildman–Crippen LogP) is -0.126. The molecular formula is C18H24N5O3+. The second kappa shape index (κ2) is 7.65. The highest BCUT2D eigenvalue weighted by atomic mass is 16.3. The molecule has 1 fully saturated rings. The van der Waals surface area contributed by atoms with Crippen molar-refractivity contribution < 1.29 is 19.3 Å². The third-order valence-electron chi connectivity index (χ3n) is 4.63. The number of aryl methyl sites for hydroxylation is 1. The number of carbonyl (C=O) groups excluding carboxylic acids is 2. The average molecular weight is 358 g/mol. The van der Waals surface area contributed by atoms with Gasteiger partial charge in [-0.1, -0.05) is 35.3 Å². The molecular weight excluding hydrogens is 334 g/mol. The summed E-state index contributed by atoms with van der Waals surface area (Å²) in [6.07, 6.45) is 1.72. The van der Waals surface area contributed by atoms with Gasteiger partial charge in [0.15, 0.2) is 0 Å². The van der Waals surface area contributed by atoms with Crippen molar-refractivity contribution in [3.8, 4) is 0 Å². The summed E-state index contributed by atoms with van der Waals surface area (Å²) in [6, 6.07) is 9.15. The van der Waals surface area contributed by atoms with Crippen molar-refractivity contribution in [1.29, 1.82) is 0 Å². The SMILES string of the molecule is CN1C(=O)C2C(=NC(NCCO)=[N+]2CCCc2ccccc2)N(C)C1=O. The molecule has 0 bridgehead atoms. The Balaban J connectivity index is 1.80. The summed E-state index contributed by atoms with van der Waals surface area (Å²) < 4.78 is 1.88. The normalized spacial score (nSPS) is 19.8. The number of urea groups is 1. The lowest BCUT2D eigenvalue weighted by Crippen LogP contribution is -2.61. The second-order valence-electron chi connectivity index (χ2n) is 6.37. The fourth-order valence-corrected chi connectivity index (χ4v) is 3.24. The number of benzene rings is 1. The number of amides is 3. The van der Waals surface area contributed by atoms with E-state index in [1.165, 1.54) is 17.5 Å². The molecule has 2 N–H and O–H groups in total. The molecule has 1 aromatic rings. The second-order valence-corrected chi connectivity index (χ2v) is 6.37. The Morgan fingerprint density at radius 1 is 1.19 bits per heavy atom. The van der Waals surface area contributed by atoms with Crippen LogP contribution in [-0.2, 0) is 11.2 Å². The van der Waals surface area contributed by atoms with E-state index in [9.17, 15) is 9.59 Å². The van der Waals surface area contributed by atoms with E-state index >= 15 is 0 Å². The number of rotatable bonds is 6. The number of hydrogen-bond acceptors (Lipinski definition) is 5. The van der Waals surface area contributed by atoms with Gasteiger partial charge in [0.1, 0.15) is 0 Å². The minimum atomic E-state index is -0.611. The van der Waals surface area contributed by atoms with Crippen LogP contribution in [0.1, 0.15) is 12.0 Å². The van der Waals surface area contributed by atoms with E-state index in [0.29, 0.717) is 24.9 Å². The topological polar surface area (TPSA) is 88.2 Å². The van der Waals surface area contributed by atoms with Crippen LogP contribution in [0.2, 0.25) is 0 Å².